The molecule has 0 amide bonds. The van der Waals surface area contributed by atoms with E-state index in [-0.39, 0.29) is 11.1 Å². The molecule has 20 heavy (non-hydrogen) atoms. The van der Waals surface area contributed by atoms with Gasteiger partial charge in [0.1, 0.15) is 16.4 Å². The van der Waals surface area contributed by atoms with Crippen LogP contribution in [0.4, 0.5) is 0 Å². The topological polar surface area (TPSA) is 112 Å². The molecule has 0 aliphatic rings. The molecule has 2 aromatic carbocycles. The predicted octanol–water partition coefficient (Wildman–Crippen LogP) is 1.58. The summed E-state index contributed by atoms with van der Waals surface area (Å²) >= 11 is 0. The second-order valence-corrected chi connectivity index (χ2v) is 5.40. The fraction of sp³-hybridized carbons (Fsp3) is 0. The zero-order chi connectivity index (χ0) is 14.9. The minimum absolute atomic E-state index is 0.231. The van der Waals surface area contributed by atoms with Gasteiger partial charge in [-0.15, -0.1) is 0 Å². The summed E-state index contributed by atoms with van der Waals surface area (Å²) in [5.74, 6) is -2.05. The summed E-state index contributed by atoms with van der Waals surface area (Å²) in [5.41, 5.74) is -0.101. The predicted molar refractivity (Wildman–Crippen MR) is 69.5 cm³/mol. The number of carbonyl (C=O) groups excluding carboxylic acids is 1. The van der Waals surface area contributed by atoms with Crippen LogP contribution in [-0.2, 0) is 10.1 Å². The molecule has 0 unspecified atom stereocenters. The molecule has 0 bridgehead atoms. The molecule has 0 aliphatic heterocycles. The van der Waals surface area contributed by atoms with Gasteiger partial charge in [0.2, 0.25) is 0 Å². The number of benzene rings is 2. The van der Waals surface area contributed by atoms with Crippen LogP contribution in [0.3, 0.4) is 0 Å². The van der Waals surface area contributed by atoms with Crippen molar-refractivity contribution in [3.05, 3.63) is 53.6 Å². The van der Waals surface area contributed by atoms with Gasteiger partial charge in [-0.2, -0.15) is 8.42 Å². The lowest BCUT2D eigenvalue weighted by atomic mass is 10.0. The number of phenols is 2. The minimum atomic E-state index is -4.70. The molecule has 0 atom stereocenters. The van der Waals surface area contributed by atoms with E-state index in [1.165, 1.54) is 12.1 Å². The van der Waals surface area contributed by atoms with Crippen molar-refractivity contribution < 1.29 is 28.0 Å². The third kappa shape index (κ3) is 2.63. The van der Waals surface area contributed by atoms with Crippen molar-refractivity contribution in [1.82, 2.24) is 0 Å². The molecule has 0 saturated heterocycles. The van der Waals surface area contributed by atoms with Gasteiger partial charge >= 0.3 is 0 Å². The van der Waals surface area contributed by atoms with E-state index < -0.39 is 32.3 Å². The Morgan fingerprint density at radius 2 is 1.55 bits per heavy atom. The molecule has 0 aromatic heterocycles. The average molecular weight is 294 g/mol. The van der Waals surface area contributed by atoms with Crippen LogP contribution in [0.25, 0.3) is 0 Å². The van der Waals surface area contributed by atoms with Crippen LogP contribution in [0.15, 0.2) is 47.4 Å². The van der Waals surface area contributed by atoms with Gasteiger partial charge in [0.25, 0.3) is 10.1 Å². The van der Waals surface area contributed by atoms with E-state index in [1.807, 2.05) is 0 Å². The Morgan fingerprint density at radius 3 is 2.10 bits per heavy atom. The SMILES string of the molecule is O=C(c1ccccc1)c1cc(S(=O)(=O)O)c(O)cc1O. The Labute approximate surface area is 114 Å². The Hall–Kier alpha value is -2.38. The van der Waals surface area contributed by atoms with Crippen LogP contribution >= 0.6 is 0 Å². The van der Waals surface area contributed by atoms with Crippen LogP contribution in [0.5, 0.6) is 11.5 Å². The van der Waals surface area contributed by atoms with Crippen molar-refractivity contribution in [2.24, 2.45) is 0 Å². The van der Waals surface area contributed by atoms with Crippen molar-refractivity contribution in [1.29, 1.82) is 0 Å². The van der Waals surface area contributed by atoms with Gasteiger partial charge in [-0.1, -0.05) is 30.3 Å². The van der Waals surface area contributed by atoms with Crippen molar-refractivity contribution >= 4 is 15.9 Å². The number of hydrogen-bond donors (Lipinski definition) is 3. The molecule has 0 heterocycles. The van der Waals surface area contributed by atoms with Crippen molar-refractivity contribution in [3.8, 4) is 11.5 Å². The van der Waals surface area contributed by atoms with Gasteiger partial charge in [0.15, 0.2) is 5.78 Å². The van der Waals surface area contributed by atoms with E-state index in [9.17, 15) is 23.4 Å². The molecule has 0 fully saturated rings. The zero-order valence-corrected chi connectivity index (χ0v) is 10.8. The fourth-order valence-electron chi connectivity index (χ4n) is 1.69. The third-order valence-corrected chi connectivity index (χ3v) is 3.52. The lowest BCUT2D eigenvalue weighted by Crippen LogP contribution is -2.05. The van der Waals surface area contributed by atoms with Gasteiger partial charge < -0.3 is 10.2 Å². The molecule has 104 valence electrons. The first-order chi connectivity index (χ1) is 9.30. The maximum absolute atomic E-state index is 12.1. The molecule has 0 spiro atoms. The Morgan fingerprint density at radius 1 is 0.950 bits per heavy atom. The lowest BCUT2D eigenvalue weighted by Gasteiger charge is -2.07. The van der Waals surface area contributed by atoms with Crippen LogP contribution in [0, 0.1) is 0 Å². The van der Waals surface area contributed by atoms with Crippen LogP contribution in [0.1, 0.15) is 15.9 Å². The highest BCUT2D eigenvalue weighted by Crippen LogP contribution is 2.31. The number of phenolic OH excluding ortho intramolecular Hbond substituents is 2. The average Bonchev–Trinajstić information content (AvgIpc) is 2.37. The Kier molecular flexibility index (Phi) is 3.47. The van der Waals surface area contributed by atoms with E-state index in [2.05, 4.69) is 0 Å². The van der Waals surface area contributed by atoms with Gasteiger partial charge in [0, 0.05) is 11.6 Å². The van der Waals surface area contributed by atoms with E-state index in [0.717, 1.165) is 6.07 Å². The van der Waals surface area contributed by atoms with Crippen LogP contribution < -0.4 is 0 Å². The first kappa shape index (κ1) is 14.0. The highest BCUT2D eigenvalue weighted by molar-refractivity contribution is 7.86. The summed E-state index contributed by atoms with van der Waals surface area (Å²) < 4.78 is 31.1. The zero-order valence-electron chi connectivity index (χ0n) is 10.0. The number of aromatic hydroxyl groups is 2. The normalized spacial score (nSPS) is 11.2. The largest absolute Gasteiger partial charge is 0.507 e. The maximum atomic E-state index is 12.1. The summed E-state index contributed by atoms with van der Waals surface area (Å²) in [4.78, 5) is 11.3. The van der Waals surface area contributed by atoms with Crippen molar-refractivity contribution in [3.63, 3.8) is 0 Å². The third-order valence-electron chi connectivity index (χ3n) is 2.64. The van der Waals surface area contributed by atoms with Crippen LogP contribution in [0.2, 0.25) is 0 Å². The van der Waals surface area contributed by atoms with E-state index in [1.54, 1.807) is 18.2 Å². The molecule has 3 N–H and O–H groups in total. The summed E-state index contributed by atoms with van der Waals surface area (Å²) in [7, 11) is -4.70. The highest BCUT2D eigenvalue weighted by atomic mass is 32.2. The fourth-order valence-corrected chi connectivity index (χ4v) is 2.28. The molecule has 2 aromatic rings. The standard InChI is InChI=1S/C13H10O6S/c14-10-7-11(15)12(20(17,18)19)6-9(10)13(16)8-4-2-1-3-5-8/h1-7,14-15H,(H,17,18,19). The van der Waals surface area contributed by atoms with Gasteiger partial charge in [0.05, 0.1) is 5.56 Å². The Bertz CT molecular complexity index is 765. The number of hydrogen-bond acceptors (Lipinski definition) is 5. The highest BCUT2D eigenvalue weighted by Gasteiger charge is 2.22. The molecule has 0 saturated carbocycles. The number of carbonyl (C=O) groups is 1. The number of rotatable bonds is 3. The monoisotopic (exact) mass is 294 g/mol. The molecule has 7 heteroatoms. The second-order valence-electron chi connectivity index (χ2n) is 4.01. The van der Waals surface area contributed by atoms with Gasteiger partial charge in [-0.25, -0.2) is 0 Å². The van der Waals surface area contributed by atoms with Gasteiger partial charge in [-0.05, 0) is 6.07 Å². The molecule has 6 nitrogen and oxygen atoms in total. The van der Waals surface area contributed by atoms with E-state index in [4.69, 9.17) is 4.55 Å². The van der Waals surface area contributed by atoms with Gasteiger partial charge in [-0.3, -0.25) is 9.35 Å². The van der Waals surface area contributed by atoms with Crippen molar-refractivity contribution in [2.45, 2.75) is 4.90 Å². The quantitative estimate of drug-likeness (QED) is 0.585. The second kappa shape index (κ2) is 4.95. The molecular formula is C13H10O6S. The Balaban J connectivity index is 2.61. The summed E-state index contributed by atoms with van der Waals surface area (Å²) in [6, 6.07) is 9.30. The molecule has 2 rings (SSSR count). The lowest BCUT2D eigenvalue weighted by molar-refractivity contribution is 0.103. The van der Waals surface area contributed by atoms with Crippen molar-refractivity contribution in [2.75, 3.05) is 0 Å². The molecule has 0 radical (unpaired) electrons. The minimum Gasteiger partial charge on any atom is -0.507 e. The summed E-state index contributed by atoms with van der Waals surface area (Å²) in [6.07, 6.45) is 0. The smallest absolute Gasteiger partial charge is 0.298 e. The number of ketones is 1. The van der Waals surface area contributed by atoms with Crippen LogP contribution in [-0.4, -0.2) is 29.0 Å². The molecule has 0 aliphatic carbocycles. The summed E-state index contributed by atoms with van der Waals surface area (Å²) in [6.45, 7) is 0. The molecular weight excluding hydrogens is 284 g/mol. The van der Waals surface area contributed by atoms with E-state index in [0.29, 0.717) is 6.07 Å². The summed E-state index contributed by atoms with van der Waals surface area (Å²) in [5, 5.41) is 19.0. The van der Waals surface area contributed by atoms with E-state index >= 15 is 0 Å². The maximum Gasteiger partial charge on any atom is 0.298 e. The first-order valence-electron chi connectivity index (χ1n) is 5.44. The first-order valence-corrected chi connectivity index (χ1v) is 6.88.